The van der Waals surface area contributed by atoms with Gasteiger partial charge in [0.25, 0.3) is 5.69 Å². The molecule has 1 heterocycles. The number of nitro groups is 1. The Morgan fingerprint density at radius 1 is 1.26 bits per heavy atom. The smallest absolute Gasteiger partial charge is 0.381 e. The van der Waals surface area contributed by atoms with Gasteiger partial charge in [0.15, 0.2) is 0 Å². The van der Waals surface area contributed by atoms with Crippen molar-refractivity contribution >= 4 is 11.8 Å². The summed E-state index contributed by atoms with van der Waals surface area (Å²) in [5.41, 5.74) is 0.739. The molecule has 1 aromatic heterocycles. The number of benzene rings is 1. The quantitative estimate of drug-likeness (QED) is 0.476. The van der Waals surface area contributed by atoms with E-state index in [-0.39, 0.29) is 15.9 Å². The van der Waals surface area contributed by atoms with Gasteiger partial charge in [0.05, 0.1) is 31.3 Å². The summed E-state index contributed by atoms with van der Waals surface area (Å²) < 4.78 is 5.27. The Morgan fingerprint density at radius 3 is 2.52 bits per heavy atom. The second kappa shape index (κ2) is 6.93. The van der Waals surface area contributed by atoms with Crippen LogP contribution in [-0.2, 0) is 6.42 Å². The molecule has 0 saturated carbocycles. The number of carbonyl (C=O) groups excluding carboxylic acids is 1. The van der Waals surface area contributed by atoms with Gasteiger partial charge in [-0.3, -0.25) is 20.1 Å². The van der Waals surface area contributed by atoms with Crippen molar-refractivity contribution in [2.45, 2.75) is 6.42 Å². The Bertz CT molecular complexity index is 686. The predicted octanol–water partition coefficient (Wildman–Crippen LogP) is 2.20. The minimum Gasteiger partial charge on any atom is -0.381 e. The molecule has 0 aliphatic carbocycles. The number of hydrogen-bond donors (Lipinski definition) is 0. The van der Waals surface area contributed by atoms with E-state index in [1.54, 1.807) is 32.7 Å². The minimum atomic E-state index is -0.507. The average molecular weight is 317 g/mol. The highest BCUT2D eigenvalue weighted by Crippen LogP contribution is 2.19. The number of amides is 1. The van der Waals surface area contributed by atoms with Crippen molar-refractivity contribution in [1.29, 1.82) is 0 Å². The molecule has 0 aliphatic heterocycles. The zero-order valence-electron chi connectivity index (χ0n) is 12.9. The van der Waals surface area contributed by atoms with Crippen molar-refractivity contribution in [3.63, 3.8) is 0 Å². The monoisotopic (exact) mass is 317 g/mol. The van der Waals surface area contributed by atoms with Crippen LogP contribution in [0.5, 0.6) is 5.75 Å². The fourth-order valence-corrected chi connectivity index (χ4v) is 1.80. The van der Waals surface area contributed by atoms with Crippen molar-refractivity contribution in [3.8, 4) is 5.75 Å². The molecule has 0 fully saturated rings. The van der Waals surface area contributed by atoms with E-state index in [2.05, 4.69) is 9.97 Å². The van der Waals surface area contributed by atoms with E-state index in [1.807, 2.05) is 0 Å². The summed E-state index contributed by atoms with van der Waals surface area (Å²) in [6.45, 7) is 0.491. The summed E-state index contributed by atoms with van der Waals surface area (Å²) in [7, 11) is 3.45. The molecule has 120 valence electrons. The first-order chi connectivity index (χ1) is 10.9. The highest BCUT2D eigenvalue weighted by atomic mass is 16.6. The van der Waals surface area contributed by atoms with Gasteiger partial charge >= 0.3 is 6.09 Å². The summed E-state index contributed by atoms with van der Waals surface area (Å²) in [5.74, 6) is 0.270. The lowest BCUT2D eigenvalue weighted by Gasteiger charge is -2.24. The zero-order valence-corrected chi connectivity index (χ0v) is 12.9. The predicted molar refractivity (Wildman–Crippen MR) is 81.8 cm³/mol. The number of ether oxygens (including phenoxy) is 1. The van der Waals surface area contributed by atoms with Crippen LogP contribution in [0.2, 0.25) is 0 Å². The van der Waals surface area contributed by atoms with Crippen LogP contribution in [0.1, 0.15) is 5.69 Å². The topological polar surface area (TPSA) is 95.2 Å². The second-order valence-corrected chi connectivity index (χ2v) is 5.47. The molecule has 0 saturated heterocycles. The van der Waals surface area contributed by atoms with Crippen molar-refractivity contribution in [2.75, 3.05) is 20.6 Å². The fourth-order valence-electron chi connectivity index (χ4n) is 1.80. The van der Waals surface area contributed by atoms with E-state index >= 15 is 0 Å². The number of nitrogens with zero attached hydrogens (tertiary/aromatic N) is 4. The summed E-state index contributed by atoms with van der Waals surface area (Å²) in [5, 5.41) is 10.6. The molecule has 8 nitrogen and oxygen atoms in total. The molecule has 2 rings (SSSR count). The molecule has 23 heavy (non-hydrogen) atoms. The van der Waals surface area contributed by atoms with Crippen molar-refractivity contribution < 1.29 is 18.9 Å². The van der Waals surface area contributed by atoms with E-state index in [4.69, 9.17) is 4.74 Å². The number of rotatable bonds is 5. The van der Waals surface area contributed by atoms with Crippen LogP contribution >= 0.6 is 0 Å². The summed E-state index contributed by atoms with van der Waals surface area (Å²) in [4.78, 5) is 30.5. The third-order valence-electron chi connectivity index (χ3n) is 3.29. The standard InChI is InChI=1S/C15H17N4O4/c1-19(2,10-7-12-11-16-8-9-17-12)15(20)23-14-5-3-13(4-6-14)18(21)22/h3-6,8-9,11H,7,10H2,1-2H3/q+1. The summed E-state index contributed by atoms with van der Waals surface area (Å²) >= 11 is 0. The Labute approximate surface area is 133 Å². The van der Waals surface area contributed by atoms with Gasteiger partial charge in [-0.1, -0.05) is 0 Å². The molecule has 0 atom stereocenters. The molecule has 0 spiro atoms. The van der Waals surface area contributed by atoms with Crippen molar-refractivity contribution in [2.24, 2.45) is 0 Å². The number of likely N-dealkylation sites (N-methyl/N-ethyl adjacent to an activating group) is 1. The molecule has 2 aromatic rings. The number of aromatic nitrogens is 2. The van der Waals surface area contributed by atoms with Gasteiger partial charge in [0.2, 0.25) is 0 Å². The van der Waals surface area contributed by atoms with Crippen LogP contribution in [0.4, 0.5) is 10.5 Å². The minimum absolute atomic E-state index is 0.00639. The molecule has 0 radical (unpaired) electrons. The summed E-state index contributed by atoms with van der Waals surface area (Å²) in [6, 6.07) is 5.39. The third-order valence-corrected chi connectivity index (χ3v) is 3.29. The lowest BCUT2D eigenvalue weighted by Crippen LogP contribution is -2.48. The first kappa shape index (κ1) is 16.5. The van der Waals surface area contributed by atoms with E-state index in [0.29, 0.717) is 13.0 Å². The average Bonchev–Trinajstić information content (AvgIpc) is 2.54. The SMILES string of the molecule is C[N+](C)(CCc1cnccn1)C(=O)Oc1ccc([N+](=O)[O-])cc1. The normalized spacial score (nSPS) is 11.0. The molecular formula is C15H17N4O4+. The van der Waals surface area contributed by atoms with Gasteiger partial charge in [-0.25, -0.2) is 4.48 Å². The van der Waals surface area contributed by atoms with Crippen LogP contribution in [-0.4, -0.2) is 46.1 Å². The molecule has 0 unspecified atom stereocenters. The Morgan fingerprint density at radius 2 is 1.96 bits per heavy atom. The molecule has 8 heteroatoms. The van der Waals surface area contributed by atoms with Crippen LogP contribution in [0.25, 0.3) is 0 Å². The van der Waals surface area contributed by atoms with E-state index in [1.165, 1.54) is 24.3 Å². The molecule has 0 N–H and O–H groups in total. The maximum absolute atomic E-state index is 12.3. The molecule has 0 bridgehead atoms. The lowest BCUT2D eigenvalue weighted by molar-refractivity contribution is -0.815. The van der Waals surface area contributed by atoms with Gasteiger partial charge in [0.1, 0.15) is 5.75 Å². The number of non-ortho nitro benzene ring substituents is 1. The number of nitro benzene ring substituents is 1. The van der Waals surface area contributed by atoms with E-state index < -0.39 is 11.0 Å². The first-order valence-corrected chi connectivity index (χ1v) is 6.93. The fraction of sp³-hybridized carbons (Fsp3) is 0.267. The molecular weight excluding hydrogens is 300 g/mol. The number of quaternary nitrogens is 1. The van der Waals surface area contributed by atoms with Crippen molar-refractivity contribution in [3.05, 3.63) is 58.7 Å². The largest absolute Gasteiger partial charge is 0.521 e. The number of hydrogen-bond acceptors (Lipinski definition) is 6. The van der Waals surface area contributed by atoms with E-state index in [0.717, 1.165) is 5.69 Å². The Kier molecular flexibility index (Phi) is 4.97. The summed E-state index contributed by atoms with van der Waals surface area (Å²) in [6.07, 6.45) is 4.97. The van der Waals surface area contributed by atoms with Gasteiger partial charge in [-0.15, -0.1) is 0 Å². The van der Waals surface area contributed by atoms with Gasteiger partial charge in [-0.05, 0) is 12.1 Å². The van der Waals surface area contributed by atoms with E-state index in [9.17, 15) is 14.9 Å². The lowest BCUT2D eigenvalue weighted by atomic mass is 10.3. The second-order valence-electron chi connectivity index (χ2n) is 5.47. The highest BCUT2D eigenvalue weighted by Gasteiger charge is 2.29. The molecule has 1 amide bonds. The van der Waals surface area contributed by atoms with Gasteiger partial charge in [-0.2, -0.15) is 4.79 Å². The Balaban J connectivity index is 1.96. The van der Waals surface area contributed by atoms with Crippen LogP contribution in [0, 0.1) is 10.1 Å². The maximum Gasteiger partial charge on any atom is 0.521 e. The van der Waals surface area contributed by atoms with Gasteiger partial charge < -0.3 is 4.74 Å². The third kappa shape index (κ3) is 4.55. The first-order valence-electron chi connectivity index (χ1n) is 6.93. The van der Waals surface area contributed by atoms with Crippen LogP contribution < -0.4 is 4.74 Å². The highest BCUT2D eigenvalue weighted by molar-refractivity contribution is 5.63. The van der Waals surface area contributed by atoms with Crippen molar-refractivity contribution in [1.82, 2.24) is 9.97 Å². The molecule has 0 aliphatic rings. The van der Waals surface area contributed by atoms with Gasteiger partial charge in [0, 0.05) is 37.1 Å². The van der Waals surface area contributed by atoms with Crippen LogP contribution in [0.3, 0.4) is 0 Å². The maximum atomic E-state index is 12.3. The number of carbonyl (C=O) groups is 1. The zero-order chi connectivity index (χ0) is 16.9. The van der Waals surface area contributed by atoms with Crippen LogP contribution in [0.15, 0.2) is 42.9 Å². The molecule has 1 aromatic carbocycles. The Hall–Kier alpha value is -2.87.